The Hall–Kier alpha value is -1.04. The topological polar surface area (TPSA) is 17.1 Å². The summed E-state index contributed by atoms with van der Waals surface area (Å²) in [4.78, 5) is 0. The molecular formula is C17H17FOS3. The Morgan fingerprint density at radius 3 is 2.45 bits per heavy atom. The van der Waals surface area contributed by atoms with Crippen molar-refractivity contribution in [3.63, 3.8) is 0 Å². The molecule has 22 heavy (non-hydrogen) atoms. The van der Waals surface area contributed by atoms with Gasteiger partial charge in [-0.2, -0.15) is 0 Å². The van der Waals surface area contributed by atoms with Crippen LogP contribution in [0, 0.1) is 5.82 Å². The van der Waals surface area contributed by atoms with Gasteiger partial charge in [-0.3, -0.25) is 4.21 Å². The lowest BCUT2D eigenvalue weighted by Crippen LogP contribution is -1.98. The first-order chi connectivity index (χ1) is 10.7. The molecule has 1 atom stereocenters. The van der Waals surface area contributed by atoms with Crippen molar-refractivity contribution in [1.29, 1.82) is 0 Å². The van der Waals surface area contributed by atoms with Gasteiger partial charge in [0.15, 0.2) is 0 Å². The van der Waals surface area contributed by atoms with Crippen molar-refractivity contribution in [3.8, 4) is 0 Å². The number of hydrogen-bond acceptors (Lipinski definition) is 3. The number of benzene rings is 2. The first kappa shape index (κ1) is 17.3. The molecule has 0 aliphatic carbocycles. The van der Waals surface area contributed by atoms with Crippen LogP contribution < -0.4 is 0 Å². The fraction of sp³-hybridized carbons (Fsp3) is 0.176. The van der Waals surface area contributed by atoms with E-state index in [2.05, 4.69) is 0 Å². The number of rotatable bonds is 8. The van der Waals surface area contributed by atoms with Gasteiger partial charge < -0.3 is 0 Å². The van der Waals surface area contributed by atoms with Crippen molar-refractivity contribution in [2.24, 2.45) is 0 Å². The maximum atomic E-state index is 12.8. The Kier molecular flexibility index (Phi) is 7.77. The molecule has 0 aromatic heterocycles. The zero-order valence-corrected chi connectivity index (χ0v) is 14.4. The molecule has 2 aromatic carbocycles. The number of hydrogen-bond donors (Lipinski definition) is 0. The summed E-state index contributed by atoms with van der Waals surface area (Å²) >= 11 is 0. The Morgan fingerprint density at radius 1 is 1.00 bits per heavy atom. The van der Waals surface area contributed by atoms with Crippen molar-refractivity contribution >= 4 is 32.4 Å². The van der Waals surface area contributed by atoms with E-state index >= 15 is 0 Å². The van der Waals surface area contributed by atoms with Crippen LogP contribution >= 0.6 is 21.6 Å². The van der Waals surface area contributed by atoms with Crippen LogP contribution in [-0.4, -0.2) is 9.96 Å². The lowest BCUT2D eigenvalue weighted by atomic mass is 10.2. The second-order valence-electron chi connectivity index (χ2n) is 4.59. The van der Waals surface area contributed by atoms with Crippen LogP contribution in [0.1, 0.15) is 11.1 Å². The molecule has 0 aliphatic heterocycles. The lowest BCUT2D eigenvalue weighted by molar-refractivity contribution is 0.627. The van der Waals surface area contributed by atoms with Gasteiger partial charge in [0.05, 0.1) is 0 Å². The normalized spacial score (nSPS) is 12.6. The molecular weight excluding hydrogens is 335 g/mol. The van der Waals surface area contributed by atoms with E-state index in [4.69, 9.17) is 0 Å². The van der Waals surface area contributed by atoms with E-state index in [0.717, 1.165) is 16.9 Å². The molecule has 0 saturated carbocycles. The quantitative estimate of drug-likeness (QED) is 0.482. The zero-order valence-electron chi connectivity index (χ0n) is 12.0. The summed E-state index contributed by atoms with van der Waals surface area (Å²) in [6.07, 6.45) is 1.95. The fourth-order valence-electron chi connectivity index (χ4n) is 1.73. The van der Waals surface area contributed by atoms with Gasteiger partial charge in [-0.15, -0.1) is 0 Å². The summed E-state index contributed by atoms with van der Waals surface area (Å²) in [5.41, 5.74) is 2.20. The van der Waals surface area contributed by atoms with E-state index in [9.17, 15) is 8.60 Å². The molecule has 1 nitrogen and oxygen atoms in total. The van der Waals surface area contributed by atoms with Crippen molar-refractivity contribution in [2.45, 2.75) is 11.5 Å². The van der Waals surface area contributed by atoms with Crippen LogP contribution in [0.3, 0.4) is 0 Å². The van der Waals surface area contributed by atoms with E-state index in [1.54, 1.807) is 33.7 Å². The standard InChI is InChI=1S/C17H17FOS3/c18-17-9-7-15(8-10-17)13-21-20-11-4-12-22(19)14-16-5-2-1-3-6-16/h1-11H,12-14H2/b11-4-. The summed E-state index contributed by atoms with van der Waals surface area (Å²) < 4.78 is 24.7. The molecule has 0 heterocycles. The molecule has 2 rings (SSSR count). The molecule has 5 heteroatoms. The van der Waals surface area contributed by atoms with Crippen LogP contribution in [0.5, 0.6) is 0 Å². The molecule has 0 radical (unpaired) electrons. The Bertz CT molecular complexity index is 612. The van der Waals surface area contributed by atoms with Gasteiger partial charge in [-0.05, 0) is 28.7 Å². The molecule has 0 amide bonds. The van der Waals surface area contributed by atoms with Crippen LogP contribution in [0.15, 0.2) is 66.1 Å². The van der Waals surface area contributed by atoms with Gasteiger partial charge in [0, 0.05) is 28.1 Å². The Balaban J connectivity index is 1.61. The minimum Gasteiger partial charge on any atom is -0.259 e. The molecule has 0 aliphatic rings. The Labute approximate surface area is 141 Å². The maximum Gasteiger partial charge on any atom is 0.123 e. The minimum atomic E-state index is -0.866. The van der Waals surface area contributed by atoms with Crippen molar-refractivity contribution in [3.05, 3.63) is 83.0 Å². The van der Waals surface area contributed by atoms with Gasteiger partial charge >= 0.3 is 0 Å². The van der Waals surface area contributed by atoms with Gasteiger partial charge in [-0.1, -0.05) is 70.1 Å². The first-order valence-corrected chi connectivity index (χ1v) is 10.7. The third-order valence-corrected chi connectivity index (χ3v) is 6.02. The van der Waals surface area contributed by atoms with Gasteiger partial charge in [-0.25, -0.2) is 4.39 Å². The van der Waals surface area contributed by atoms with E-state index in [0.29, 0.717) is 11.5 Å². The molecule has 0 fully saturated rings. The lowest BCUT2D eigenvalue weighted by Gasteiger charge is -2.00. The largest absolute Gasteiger partial charge is 0.259 e. The van der Waals surface area contributed by atoms with Crippen LogP contribution in [-0.2, 0) is 22.3 Å². The maximum absolute atomic E-state index is 12.8. The predicted molar refractivity (Wildman–Crippen MR) is 97.6 cm³/mol. The van der Waals surface area contributed by atoms with Crippen molar-refractivity contribution in [2.75, 3.05) is 5.75 Å². The third kappa shape index (κ3) is 6.81. The summed E-state index contributed by atoms with van der Waals surface area (Å²) in [7, 11) is 2.42. The predicted octanol–water partition coefficient (Wildman–Crippen LogP) is 5.17. The highest BCUT2D eigenvalue weighted by molar-refractivity contribution is 8.77. The van der Waals surface area contributed by atoms with Gasteiger partial charge in [0.25, 0.3) is 0 Å². The summed E-state index contributed by atoms with van der Waals surface area (Å²) in [6, 6.07) is 16.4. The second kappa shape index (κ2) is 9.87. The Morgan fingerprint density at radius 2 is 1.73 bits per heavy atom. The van der Waals surface area contributed by atoms with E-state index in [1.807, 2.05) is 41.8 Å². The average Bonchev–Trinajstić information content (AvgIpc) is 2.53. The minimum absolute atomic E-state index is 0.206. The van der Waals surface area contributed by atoms with Gasteiger partial charge in [0.2, 0.25) is 0 Å². The van der Waals surface area contributed by atoms with E-state index in [1.165, 1.54) is 12.1 Å². The highest BCUT2D eigenvalue weighted by atomic mass is 33.1. The molecule has 116 valence electrons. The average molecular weight is 353 g/mol. The smallest absolute Gasteiger partial charge is 0.123 e. The monoisotopic (exact) mass is 352 g/mol. The molecule has 0 bridgehead atoms. The summed E-state index contributed by atoms with van der Waals surface area (Å²) in [6.45, 7) is 0. The van der Waals surface area contributed by atoms with Crippen LogP contribution in [0.2, 0.25) is 0 Å². The molecule has 2 aromatic rings. The third-order valence-electron chi connectivity index (χ3n) is 2.81. The van der Waals surface area contributed by atoms with Crippen LogP contribution in [0.4, 0.5) is 4.39 Å². The highest BCUT2D eigenvalue weighted by Crippen LogP contribution is 2.26. The van der Waals surface area contributed by atoms with Gasteiger partial charge in [0.1, 0.15) is 5.82 Å². The summed E-state index contributed by atoms with van der Waals surface area (Å²) in [5, 5.41) is 1.97. The first-order valence-electron chi connectivity index (χ1n) is 6.80. The molecule has 1 unspecified atom stereocenters. The molecule has 0 N–H and O–H groups in total. The fourth-order valence-corrected chi connectivity index (χ4v) is 4.58. The summed E-state index contributed by atoms with van der Waals surface area (Å²) in [5.74, 6) is 1.78. The second-order valence-corrected chi connectivity index (χ2v) is 8.37. The zero-order chi connectivity index (χ0) is 15.6. The van der Waals surface area contributed by atoms with Crippen LogP contribution in [0.25, 0.3) is 0 Å². The van der Waals surface area contributed by atoms with E-state index in [-0.39, 0.29) is 5.82 Å². The highest BCUT2D eigenvalue weighted by Gasteiger charge is 1.99. The molecule has 0 spiro atoms. The SMILES string of the molecule is O=S(C/C=C\SSCc1ccc(F)cc1)Cc1ccccc1. The molecule has 0 saturated heterocycles. The van der Waals surface area contributed by atoms with Crippen molar-refractivity contribution in [1.82, 2.24) is 0 Å². The van der Waals surface area contributed by atoms with Crippen molar-refractivity contribution < 1.29 is 8.60 Å². The number of halogens is 1. The van der Waals surface area contributed by atoms with E-state index < -0.39 is 10.8 Å².